The lowest BCUT2D eigenvalue weighted by molar-refractivity contribution is -0.384. The van der Waals surface area contributed by atoms with Crippen molar-refractivity contribution in [2.45, 2.75) is 6.92 Å². The smallest absolute Gasteiger partial charge is 0.271 e. The molecule has 0 atom stereocenters. The number of aryl methyl sites for hydroxylation is 1. The third-order valence-electron chi connectivity index (χ3n) is 2.92. The Balaban J connectivity index is 2.10. The summed E-state index contributed by atoms with van der Waals surface area (Å²) in [6.07, 6.45) is 2.81. The molecule has 0 bridgehead atoms. The molecule has 0 spiro atoms. The molecule has 0 aliphatic rings. The van der Waals surface area contributed by atoms with Gasteiger partial charge in [-0.15, -0.1) is 0 Å². The van der Waals surface area contributed by atoms with E-state index in [1.807, 2.05) is 31.2 Å². The van der Waals surface area contributed by atoms with Crippen LogP contribution in [0.15, 0.2) is 48.5 Å². The molecule has 22 heavy (non-hydrogen) atoms. The molecule has 0 heterocycles. The van der Waals surface area contributed by atoms with Gasteiger partial charge in [0.25, 0.3) is 5.69 Å². The van der Waals surface area contributed by atoms with Crippen LogP contribution in [0.5, 0.6) is 0 Å². The van der Waals surface area contributed by atoms with Gasteiger partial charge in [-0.25, -0.2) is 4.39 Å². The van der Waals surface area contributed by atoms with Crippen molar-refractivity contribution in [1.82, 2.24) is 0 Å². The number of carbonyl (C=O) groups excluding carboxylic acids is 1. The Labute approximate surface area is 126 Å². The molecule has 2 aromatic carbocycles. The Kier molecular flexibility index (Phi) is 4.63. The number of nitrogens with zero attached hydrogens (tertiary/aromatic N) is 1. The minimum atomic E-state index is -0.734. The molecule has 0 fully saturated rings. The van der Waals surface area contributed by atoms with Gasteiger partial charge in [0.15, 0.2) is 0 Å². The highest BCUT2D eigenvalue weighted by Gasteiger charge is 2.11. The van der Waals surface area contributed by atoms with E-state index in [4.69, 9.17) is 0 Å². The molecular formula is C16H13FN2O3. The highest BCUT2D eigenvalue weighted by molar-refractivity contribution is 6.02. The quantitative estimate of drug-likeness (QED) is 0.531. The summed E-state index contributed by atoms with van der Waals surface area (Å²) in [5.41, 5.74) is 1.40. The van der Waals surface area contributed by atoms with Gasteiger partial charge >= 0.3 is 0 Å². The van der Waals surface area contributed by atoms with Gasteiger partial charge in [-0.1, -0.05) is 29.8 Å². The molecule has 1 N–H and O–H groups in total. The van der Waals surface area contributed by atoms with E-state index in [1.165, 1.54) is 6.08 Å². The standard InChI is InChI=1S/C16H13FN2O3/c1-11-2-4-12(5-3-11)6-9-16(20)18-15-10-13(19(21)22)7-8-14(15)17/h2-10H,1H3,(H,18,20). The van der Waals surface area contributed by atoms with Crippen molar-refractivity contribution in [2.75, 3.05) is 5.32 Å². The Morgan fingerprint density at radius 3 is 2.55 bits per heavy atom. The number of amides is 1. The second kappa shape index (κ2) is 6.62. The lowest BCUT2D eigenvalue weighted by atomic mass is 10.1. The molecule has 1 amide bonds. The average Bonchev–Trinajstić information content (AvgIpc) is 2.48. The summed E-state index contributed by atoms with van der Waals surface area (Å²) in [5.74, 6) is -1.30. The van der Waals surface area contributed by atoms with E-state index >= 15 is 0 Å². The highest BCUT2D eigenvalue weighted by atomic mass is 19.1. The van der Waals surface area contributed by atoms with Gasteiger partial charge in [0, 0.05) is 18.2 Å². The number of nitrogens with one attached hydrogen (secondary N) is 1. The van der Waals surface area contributed by atoms with E-state index in [-0.39, 0.29) is 11.4 Å². The molecule has 0 aromatic heterocycles. The summed E-state index contributed by atoms with van der Waals surface area (Å²) >= 11 is 0. The van der Waals surface area contributed by atoms with Gasteiger partial charge < -0.3 is 5.32 Å². The zero-order chi connectivity index (χ0) is 16.1. The first-order chi connectivity index (χ1) is 10.5. The number of nitro groups is 1. The first-order valence-electron chi connectivity index (χ1n) is 6.45. The largest absolute Gasteiger partial charge is 0.320 e. The predicted molar refractivity (Wildman–Crippen MR) is 81.9 cm³/mol. The van der Waals surface area contributed by atoms with Gasteiger partial charge in [0.2, 0.25) is 5.91 Å². The van der Waals surface area contributed by atoms with Crippen molar-refractivity contribution in [1.29, 1.82) is 0 Å². The number of rotatable bonds is 4. The Morgan fingerprint density at radius 1 is 1.23 bits per heavy atom. The minimum Gasteiger partial charge on any atom is -0.320 e. The van der Waals surface area contributed by atoms with Crippen LogP contribution in [0.4, 0.5) is 15.8 Å². The van der Waals surface area contributed by atoms with E-state index < -0.39 is 16.6 Å². The maximum atomic E-state index is 13.5. The normalized spacial score (nSPS) is 10.6. The number of hydrogen-bond donors (Lipinski definition) is 1. The molecule has 2 rings (SSSR count). The molecule has 0 unspecified atom stereocenters. The van der Waals surface area contributed by atoms with Crippen molar-refractivity contribution in [3.05, 3.63) is 75.6 Å². The van der Waals surface area contributed by atoms with Crippen LogP contribution in [0.1, 0.15) is 11.1 Å². The van der Waals surface area contributed by atoms with Gasteiger partial charge in [0.05, 0.1) is 10.6 Å². The maximum absolute atomic E-state index is 13.5. The summed E-state index contributed by atoms with van der Waals surface area (Å²) in [4.78, 5) is 21.7. The molecule has 112 valence electrons. The predicted octanol–water partition coefficient (Wildman–Crippen LogP) is 3.69. The number of halogens is 1. The second-order valence-electron chi connectivity index (χ2n) is 4.65. The molecule has 2 aromatic rings. The number of carbonyl (C=O) groups is 1. The van der Waals surface area contributed by atoms with Crippen LogP contribution in [0.25, 0.3) is 6.08 Å². The molecule has 0 aliphatic carbocycles. The average molecular weight is 300 g/mol. The number of benzene rings is 2. The van der Waals surface area contributed by atoms with E-state index in [0.717, 1.165) is 29.3 Å². The van der Waals surface area contributed by atoms with E-state index in [1.54, 1.807) is 6.08 Å². The fraction of sp³-hybridized carbons (Fsp3) is 0.0625. The van der Waals surface area contributed by atoms with Gasteiger partial charge in [-0.2, -0.15) is 0 Å². The number of nitro benzene ring substituents is 1. The second-order valence-corrected chi connectivity index (χ2v) is 4.65. The third kappa shape index (κ3) is 3.99. The van der Waals surface area contributed by atoms with Crippen LogP contribution in [-0.2, 0) is 4.79 Å². The first kappa shape index (κ1) is 15.4. The van der Waals surface area contributed by atoms with Gasteiger partial charge in [-0.05, 0) is 24.6 Å². The SMILES string of the molecule is Cc1ccc(C=CC(=O)Nc2cc([N+](=O)[O-])ccc2F)cc1. The van der Waals surface area contributed by atoms with Crippen LogP contribution in [0.2, 0.25) is 0 Å². The molecule has 5 nitrogen and oxygen atoms in total. The fourth-order valence-electron chi connectivity index (χ4n) is 1.75. The van der Waals surface area contributed by atoms with Crippen molar-refractivity contribution >= 4 is 23.4 Å². The number of hydrogen-bond acceptors (Lipinski definition) is 3. The van der Waals surface area contributed by atoms with Gasteiger partial charge in [-0.3, -0.25) is 14.9 Å². The molecule has 6 heteroatoms. The Bertz CT molecular complexity index is 740. The molecule has 0 saturated heterocycles. The maximum Gasteiger partial charge on any atom is 0.271 e. The third-order valence-corrected chi connectivity index (χ3v) is 2.92. The lowest BCUT2D eigenvalue weighted by Crippen LogP contribution is -2.09. The fourth-order valence-corrected chi connectivity index (χ4v) is 1.75. The molecule has 0 saturated carbocycles. The van der Waals surface area contributed by atoms with Crippen molar-refractivity contribution in [2.24, 2.45) is 0 Å². The molecular weight excluding hydrogens is 287 g/mol. The summed E-state index contributed by atoms with van der Waals surface area (Å²) in [6.45, 7) is 1.95. The minimum absolute atomic E-state index is 0.229. The Morgan fingerprint density at radius 2 is 1.91 bits per heavy atom. The zero-order valence-electron chi connectivity index (χ0n) is 11.7. The van der Waals surface area contributed by atoms with E-state index in [0.29, 0.717) is 0 Å². The van der Waals surface area contributed by atoms with E-state index in [9.17, 15) is 19.3 Å². The Hall–Kier alpha value is -3.02. The van der Waals surface area contributed by atoms with Crippen LogP contribution >= 0.6 is 0 Å². The van der Waals surface area contributed by atoms with Crippen LogP contribution in [-0.4, -0.2) is 10.8 Å². The number of non-ortho nitro benzene ring substituents is 1. The summed E-state index contributed by atoms with van der Waals surface area (Å²) in [5, 5.41) is 12.9. The highest BCUT2D eigenvalue weighted by Crippen LogP contribution is 2.21. The van der Waals surface area contributed by atoms with E-state index in [2.05, 4.69) is 5.32 Å². The molecule has 0 aliphatic heterocycles. The van der Waals surface area contributed by atoms with Crippen LogP contribution in [0.3, 0.4) is 0 Å². The first-order valence-corrected chi connectivity index (χ1v) is 6.45. The molecule has 0 radical (unpaired) electrons. The van der Waals surface area contributed by atoms with Crippen molar-refractivity contribution in [3.63, 3.8) is 0 Å². The number of anilines is 1. The van der Waals surface area contributed by atoms with Gasteiger partial charge in [0.1, 0.15) is 5.82 Å². The summed E-state index contributed by atoms with van der Waals surface area (Å²) < 4.78 is 13.5. The lowest BCUT2D eigenvalue weighted by Gasteiger charge is -2.03. The van der Waals surface area contributed by atoms with Crippen molar-refractivity contribution < 1.29 is 14.1 Å². The monoisotopic (exact) mass is 300 g/mol. The summed E-state index contributed by atoms with van der Waals surface area (Å²) in [6, 6.07) is 10.4. The van der Waals surface area contributed by atoms with Crippen molar-refractivity contribution in [3.8, 4) is 0 Å². The topological polar surface area (TPSA) is 72.2 Å². The van der Waals surface area contributed by atoms with Crippen LogP contribution in [0, 0.1) is 22.9 Å². The zero-order valence-corrected chi connectivity index (χ0v) is 11.7. The van der Waals surface area contributed by atoms with Crippen LogP contribution < -0.4 is 5.32 Å². The summed E-state index contributed by atoms with van der Waals surface area (Å²) in [7, 11) is 0.